The fourth-order valence-corrected chi connectivity index (χ4v) is 10.3. The fraction of sp³-hybridized carbons (Fsp3) is 0.143. The Morgan fingerprint density at radius 2 is 1.29 bits per heavy atom. The van der Waals surface area contributed by atoms with Gasteiger partial charge < -0.3 is 9.47 Å². The first-order valence-corrected chi connectivity index (χ1v) is 23.2. The highest BCUT2D eigenvalue weighted by atomic mass is 15.2. The third kappa shape index (κ3) is 7.58. The van der Waals surface area contributed by atoms with Crippen LogP contribution in [0.15, 0.2) is 200 Å². The Morgan fingerprint density at radius 1 is 0.662 bits per heavy atom. The topological polar surface area (TPSA) is 8.17 Å². The molecular formula is C63H54N2. The zero-order chi connectivity index (χ0) is 44.4. The monoisotopic (exact) mass is 838 g/mol. The fourth-order valence-electron chi connectivity index (χ4n) is 10.3. The van der Waals surface area contributed by atoms with Crippen molar-refractivity contribution < 1.29 is 0 Å². The average Bonchev–Trinajstić information content (AvgIpc) is 3.84. The standard InChI is InChI=1S/C63H54N2/c1-6-19-54-43(5)64(63-42-52(46-23-14-11-15-24-46)33-36-57(63)55(20-7-2)44(8-3)9-4)61-37-34-50(40-58(54)61)51-35-38-62-59(41-51)56-27-16-17-28-60(56)65(62)53-26-18-25-49(39-53)48-31-29-47(30-32-48)45-21-12-10-13-22-45/h3,6,10-42,44,59,62H,7,9H2,1-2,4-5H3/b19-6-,55-20+. The summed E-state index contributed by atoms with van der Waals surface area (Å²) in [5.41, 5.74) is 20.7. The maximum Gasteiger partial charge on any atom is 0.0630 e. The third-order valence-corrected chi connectivity index (χ3v) is 13.5. The maximum atomic E-state index is 6.24. The van der Waals surface area contributed by atoms with Gasteiger partial charge in [-0.05, 0) is 119 Å². The lowest BCUT2D eigenvalue weighted by atomic mass is 9.86. The van der Waals surface area contributed by atoms with Crippen LogP contribution in [-0.2, 0) is 0 Å². The van der Waals surface area contributed by atoms with E-state index in [4.69, 9.17) is 6.42 Å². The molecule has 10 rings (SSSR count). The van der Waals surface area contributed by atoms with Crippen LogP contribution in [0.3, 0.4) is 0 Å². The van der Waals surface area contributed by atoms with Gasteiger partial charge in [0.2, 0.25) is 0 Å². The van der Waals surface area contributed by atoms with Crippen LogP contribution in [-0.4, -0.2) is 10.6 Å². The Morgan fingerprint density at radius 3 is 2.00 bits per heavy atom. The van der Waals surface area contributed by atoms with E-state index in [9.17, 15) is 0 Å². The van der Waals surface area contributed by atoms with Crippen LogP contribution in [0.25, 0.3) is 67.2 Å². The molecule has 2 nitrogen and oxygen atoms in total. The Labute approximate surface area is 385 Å². The second-order valence-electron chi connectivity index (χ2n) is 17.3. The molecule has 2 heterocycles. The number of para-hydroxylation sites is 1. The molecule has 3 atom stereocenters. The van der Waals surface area contributed by atoms with Gasteiger partial charge >= 0.3 is 0 Å². The molecule has 0 saturated heterocycles. The number of aromatic nitrogens is 1. The quantitative estimate of drug-likeness (QED) is 0.118. The van der Waals surface area contributed by atoms with E-state index in [1.54, 1.807) is 0 Å². The van der Waals surface area contributed by atoms with Gasteiger partial charge in [0.25, 0.3) is 0 Å². The van der Waals surface area contributed by atoms with E-state index in [-0.39, 0.29) is 17.9 Å². The van der Waals surface area contributed by atoms with E-state index >= 15 is 0 Å². The Hall–Kier alpha value is -7.60. The van der Waals surface area contributed by atoms with E-state index < -0.39 is 0 Å². The van der Waals surface area contributed by atoms with E-state index in [1.165, 1.54) is 94.8 Å². The van der Waals surface area contributed by atoms with Crippen LogP contribution in [0.2, 0.25) is 0 Å². The van der Waals surface area contributed by atoms with Crippen molar-refractivity contribution in [2.24, 2.45) is 5.92 Å². The van der Waals surface area contributed by atoms with Gasteiger partial charge in [0, 0.05) is 45.4 Å². The molecule has 1 aliphatic heterocycles. The van der Waals surface area contributed by atoms with Crippen LogP contribution >= 0.6 is 0 Å². The Kier molecular flexibility index (Phi) is 11.4. The second kappa shape index (κ2) is 17.9. The summed E-state index contributed by atoms with van der Waals surface area (Å²) in [5, 5.41) is 1.23. The molecule has 65 heavy (non-hydrogen) atoms. The summed E-state index contributed by atoms with van der Waals surface area (Å²) >= 11 is 0. The van der Waals surface area contributed by atoms with E-state index in [1.807, 2.05) is 0 Å². The first-order valence-electron chi connectivity index (χ1n) is 23.2. The van der Waals surface area contributed by atoms with Crippen LogP contribution in [0.1, 0.15) is 67.5 Å². The summed E-state index contributed by atoms with van der Waals surface area (Å²) in [5.74, 6) is 3.35. The highest BCUT2D eigenvalue weighted by Gasteiger charge is 2.38. The van der Waals surface area contributed by atoms with Gasteiger partial charge in [0.15, 0.2) is 0 Å². The van der Waals surface area contributed by atoms with Crippen molar-refractivity contribution >= 4 is 39.5 Å². The number of nitrogens with zero attached hydrogens (tertiary/aromatic N) is 2. The van der Waals surface area contributed by atoms with Gasteiger partial charge in [0.05, 0.1) is 17.2 Å². The summed E-state index contributed by atoms with van der Waals surface area (Å²) in [6.45, 7) is 8.77. The van der Waals surface area contributed by atoms with Crippen molar-refractivity contribution in [1.29, 1.82) is 0 Å². The van der Waals surface area contributed by atoms with Gasteiger partial charge in [-0.15, -0.1) is 6.42 Å². The number of hydrogen-bond donors (Lipinski definition) is 0. The normalized spacial score (nSPS) is 16.1. The predicted molar refractivity (Wildman–Crippen MR) is 279 cm³/mol. The minimum absolute atomic E-state index is 0.0204. The average molecular weight is 839 g/mol. The first-order chi connectivity index (χ1) is 32.0. The van der Waals surface area contributed by atoms with E-state index in [0.717, 1.165) is 18.5 Å². The van der Waals surface area contributed by atoms with Gasteiger partial charge in [0.1, 0.15) is 0 Å². The highest BCUT2D eigenvalue weighted by Crippen LogP contribution is 2.50. The number of fused-ring (bicyclic) bond motifs is 4. The molecule has 0 spiro atoms. The lowest BCUT2D eigenvalue weighted by Crippen LogP contribution is -2.29. The SMILES string of the molecule is C#CC(CC)/C(=C\CC)c1ccc(-c2ccccc2)cc1-n1c(C)c(/C=C\C)c2cc(C3=CC4c5ccccc5N(c5cccc(-c6ccc(-c7ccccc7)cc6)c5)C4C=C3)ccc21. The molecule has 0 fully saturated rings. The number of allylic oxidation sites excluding steroid dienone is 5. The summed E-state index contributed by atoms with van der Waals surface area (Å²) in [6.07, 6.45) is 22.1. The number of terminal acetylenes is 1. The predicted octanol–water partition coefficient (Wildman–Crippen LogP) is 16.7. The number of hydrogen-bond acceptors (Lipinski definition) is 1. The molecule has 0 saturated carbocycles. The molecular weight excluding hydrogens is 785 g/mol. The minimum Gasteiger partial charge on any atom is -0.333 e. The van der Waals surface area contributed by atoms with Crippen molar-refractivity contribution in [2.75, 3.05) is 4.90 Å². The molecule has 8 aromatic rings. The van der Waals surface area contributed by atoms with Crippen molar-refractivity contribution in [3.05, 3.63) is 228 Å². The molecule has 2 aliphatic rings. The lowest BCUT2D eigenvalue weighted by molar-refractivity contribution is 0.747. The highest BCUT2D eigenvalue weighted by molar-refractivity contribution is 5.97. The van der Waals surface area contributed by atoms with Gasteiger partial charge in [-0.1, -0.05) is 190 Å². The third-order valence-electron chi connectivity index (χ3n) is 13.5. The molecule has 7 aromatic carbocycles. The smallest absolute Gasteiger partial charge is 0.0630 e. The van der Waals surface area contributed by atoms with Crippen molar-refractivity contribution in [3.63, 3.8) is 0 Å². The summed E-state index contributed by atoms with van der Waals surface area (Å²) in [6, 6.07) is 62.4. The van der Waals surface area contributed by atoms with E-state index in [2.05, 4.69) is 249 Å². The molecule has 316 valence electrons. The van der Waals surface area contributed by atoms with Gasteiger partial charge in [-0.2, -0.15) is 0 Å². The van der Waals surface area contributed by atoms with Crippen molar-refractivity contribution in [3.8, 4) is 51.4 Å². The molecule has 2 heteroatoms. The zero-order valence-corrected chi connectivity index (χ0v) is 37.7. The van der Waals surface area contributed by atoms with E-state index in [0.29, 0.717) is 0 Å². The molecule has 3 unspecified atom stereocenters. The Bertz CT molecular complexity index is 3200. The van der Waals surface area contributed by atoms with Gasteiger partial charge in [-0.3, -0.25) is 0 Å². The van der Waals surface area contributed by atoms with Crippen LogP contribution in [0, 0.1) is 25.2 Å². The molecule has 0 radical (unpaired) electrons. The summed E-state index contributed by atoms with van der Waals surface area (Å²) in [4.78, 5) is 2.54. The van der Waals surface area contributed by atoms with Gasteiger partial charge in [-0.25, -0.2) is 0 Å². The lowest BCUT2D eigenvalue weighted by Gasteiger charge is -2.30. The zero-order valence-electron chi connectivity index (χ0n) is 37.7. The van der Waals surface area contributed by atoms with Crippen LogP contribution in [0.5, 0.6) is 0 Å². The maximum absolute atomic E-state index is 6.24. The summed E-state index contributed by atoms with van der Waals surface area (Å²) < 4.78 is 2.47. The van der Waals surface area contributed by atoms with Crippen LogP contribution < -0.4 is 4.90 Å². The van der Waals surface area contributed by atoms with Crippen molar-refractivity contribution in [2.45, 2.75) is 52.5 Å². The number of anilines is 2. The number of benzene rings is 7. The Balaban J connectivity index is 1.04. The molecule has 0 N–H and O–H groups in total. The molecule has 0 amide bonds. The second-order valence-corrected chi connectivity index (χ2v) is 17.3. The first kappa shape index (κ1) is 41.4. The van der Waals surface area contributed by atoms with Crippen LogP contribution in [0.4, 0.5) is 11.4 Å². The molecule has 1 aromatic heterocycles. The summed E-state index contributed by atoms with van der Waals surface area (Å²) in [7, 11) is 0. The minimum atomic E-state index is 0.0204. The molecule has 1 aliphatic carbocycles. The molecule has 0 bridgehead atoms. The number of rotatable bonds is 11. The van der Waals surface area contributed by atoms with Crippen molar-refractivity contribution in [1.82, 2.24) is 4.57 Å². The largest absolute Gasteiger partial charge is 0.333 e.